The third-order valence-electron chi connectivity index (χ3n) is 3.45. The van der Waals surface area contributed by atoms with Crippen molar-refractivity contribution in [1.29, 1.82) is 0 Å². The number of halogens is 1. The summed E-state index contributed by atoms with van der Waals surface area (Å²) in [6.45, 7) is 5.85. The molecule has 0 aliphatic rings. The van der Waals surface area contributed by atoms with Crippen LogP contribution in [0.5, 0.6) is 0 Å². The maximum Gasteiger partial charge on any atom is 0.131 e. The number of hydrogen-bond acceptors (Lipinski definition) is 1. The van der Waals surface area contributed by atoms with Crippen LogP contribution in [0, 0.1) is 26.6 Å². The number of nitrogens with two attached hydrogens (primary N) is 1. The molecule has 0 saturated heterocycles. The van der Waals surface area contributed by atoms with Crippen LogP contribution in [0.25, 0.3) is 0 Å². The predicted octanol–water partition coefficient (Wildman–Crippen LogP) is 3.80. The average Bonchev–Trinajstić information content (AvgIpc) is 2.35. The van der Waals surface area contributed by atoms with E-state index in [1.165, 1.54) is 11.1 Å². The molecular formula is C16H18FN. The largest absolute Gasteiger partial charge is 0.320 e. The summed E-state index contributed by atoms with van der Waals surface area (Å²) in [5.41, 5.74) is 10.7. The van der Waals surface area contributed by atoms with E-state index in [4.69, 9.17) is 5.73 Å². The molecule has 2 heteroatoms. The Morgan fingerprint density at radius 3 is 2.33 bits per heavy atom. The van der Waals surface area contributed by atoms with Gasteiger partial charge >= 0.3 is 0 Å². The molecule has 0 fully saturated rings. The molecule has 2 N–H and O–H groups in total. The molecule has 0 amide bonds. The zero-order chi connectivity index (χ0) is 13.3. The molecule has 0 radical (unpaired) electrons. The highest BCUT2D eigenvalue weighted by atomic mass is 19.1. The van der Waals surface area contributed by atoms with Gasteiger partial charge in [0.1, 0.15) is 5.82 Å². The fourth-order valence-corrected chi connectivity index (χ4v) is 2.05. The van der Waals surface area contributed by atoms with Gasteiger partial charge in [-0.25, -0.2) is 4.39 Å². The highest BCUT2D eigenvalue weighted by Gasteiger charge is 2.15. The van der Waals surface area contributed by atoms with Crippen LogP contribution in [0.3, 0.4) is 0 Å². The molecule has 2 aromatic rings. The number of benzene rings is 2. The van der Waals surface area contributed by atoms with Crippen molar-refractivity contribution in [3.8, 4) is 0 Å². The Labute approximate surface area is 107 Å². The van der Waals surface area contributed by atoms with E-state index < -0.39 is 6.04 Å². The smallest absolute Gasteiger partial charge is 0.131 e. The zero-order valence-corrected chi connectivity index (χ0v) is 11.0. The maximum absolute atomic E-state index is 14.0. The van der Waals surface area contributed by atoms with Gasteiger partial charge in [0.2, 0.25) is 0 Å². The summed E-state index contributed by atoms with van der Waals surface area (Å²) in [7, 11) is 0. The lowest BCUT2D eigenvalue weighted by atomic mass is 9.95. The third kappa shape index (κ3) is 2.29. The number of rotatable bonds is 2. The van der Waals surface area contributed by atoms with E-state index in [0.717, 1.165) is 5.56 Å². The Morgan fingerprint density at radius 2 is 1.67 bits per heavy atom. The minimum absolute atomic E-state index is 0.205. The third-order valence-corrected chi connectivity index (χ3v) is 3.45. The molecule has 0 aliphatic carbocycles. The van der Waals surface area contributed by atoms with Crippen LogP contribution in [0.15, 0.2) is 36.4 Å². The number of hydrogen-bond donors (Lipinski definition) is 1. The van der Waals surface area contributed by atoms with Crippen LogP contribution in [0.4, 0.5) is 4.39 Å². The minimum atomic E-state index is -0.413. The van der Waals surface area contributed by atoms with Crippen LogP contribution in [0.2, 0.25) is 0 Å². The van der Waals surface area contributed by atoms with Crippen LogP contribution >= 0.6 is 0 Å². The molecule has 1 unspecified atom stereocenters. The van der Waals surface area contributed by atoms with Crippen molar-refractivity contribution in [2.45, 2.75) is 26.8 Å². The van der Waals surface area contributed by atoms with Gasteiger partial charge in [0.15, 0.2) is 0 Å². The summed E-state index contributed by atoms with van der Waals surface area (Å²) in [5.74, 6) is -0.205. The number of aryl methyl sites for hydroxylation is 3. The zero-order valence-electron chi connectivity index (χ0n) is 11.0. The highest BCUT2D eigenvalue weighted by molar-refractivity contribution is 5.38. The van der Waals surface area contributed by atoms with Gasteiger partial charge < -0.3 is 5.73 Å². The molecule has 94 valence electrons. The van der Waals surface area contributed by atoms with E-state index in [1.807, 2.05) is 31.2 Å². The molecule has 1 nitrogen and oxygen atoms in total. The summed E-state index contributed by atoms with van der Waals surface area (Å²) < 4.78 is 14.0. The van der Waals surface area contributed by atoms with Crippen LogP contribution in [-0.4, -0.2) is 0 Å². The molecule has 2 rings (SSSR count). The summed E-state index contributed by atoms with van der Waals surface area (Å²) in [5, 5.41) is 0. The lowest BCUT2D eigenvalue weighted by molar-refractivity contribution is 0.591. The second-order valence-electron chi connectivity index (χ2n) is 4.80. The van der Waals surface area contributed by atoms with Crippen molar-refractivity contribution in [3.63, 3.8) is 0 Å². The summed E-state index contributed by atoms with van der Waals surface area (Å²) in [6.07, 6.45) is 0. The van der Waals surface area contributed by atoms with Crippen molar-refractivity contribution in [3.05, 3.63) is 70.0 Å². The van der Waals surface area contributed by atoms with Gasteiger partial charge in [-0.15, -0.1) is 0 Å². The lowest BCUT2D eigenvalue weighted by Crippen LogP contribution is -2.14. The molecule has 1 atom stereocenters. The van der Waals surface area contributed by atoms with Gasteiger partial charge in [0, 0.05) is 5.56 Å². The molecule has 2 aromatic carbocycles. The fourth-order valence-electron chi connectivity index (χ4n) is 2.05. The first kappa shape index (κ1) is 12.8. The molecule has 0 saturated carbocycles. The lowest BCUT2D eigenvalue weighted by Gasteiger charge is -2.16. The Balaban J connectivity index is 2.44. The summed E-state index contributed by atoms with van der Waals surface area (Å²) in [4.78, 5) is 0. The van der Waals surface area contributed by atoms with Crippen LogP contribution in [0.1, 0.15) is 33.9 Å². The summed E-state index contributed by atoms with van der Waals surface area (Å²) >= 11 is 0. The fraction of sp³-hybridized carbons (Fsp3) is 0.250. The SMILES string of the molecule is Cc1ccc(C(N)c2cccc(C)c2F)cc1C. The molecule has 0 bridgehead atoms. The quantitative estimate of drug-likeness (QED) is 0.853. The summed E-state index contributed by atoms with van der Waals surface area (Å²) in [6, 6.07) is 11.0. The van der Waals surface area contributed by atoms with Gasteiger partial charge in [-0.2, -0.15) is 0 Å². The Morgan fingerprint density at radius 1 is 0.944 bits per heavy atom. The predicted molar refractivity (Wildman–Crippen MR) is 73.1 cm³/mol. The van der Waals surface area contributed by atoms with Gasteiger partial charge in [-0.1, -0.05) is 36.4 Å². The maximum atomic E-state index is 14.0. The van der Waals surface area contributed by atoms with Crippen molar-refractivity contribution in [2.24, 2.45) is 5.73 Å². The van der Waals surface area contributed by atoms with Crippen molar-refractivity contribution in [1.82, 2.24) is 0 Å². The van der Waals surface area contributed by atoms with Crippen molar-refractivity contribution >= 4 is 0 Å². The first-order valence-corrected chi connectivity index (χ1v) is 6.08. The average molecular weight is 243 g/mol. The molecule has 0 heterocycles. The highest BCUT2D eigenvalue weighted by Crippen LogP contribution is 2.25. The Hall–Kier alpha value is -1.67. The first-order chi connectivity index (χ1) is 8.50. The van der Waals surface area contributed by atoms with Gasteiger partial charge in [-0.05, 0) is 43.0 Å². The molecule has 18 heavy (non-hydrogen) atoms. The van der Waals surface area contributed by atoms with Gasteiger partial charge in [0.05, 0.1) is 6.04 Å². The van der Waals surface area contributed by atoms with Gasteiger partial charge in [-0.3, -0.25) is 0 Å². The van der Waals surface area contributed by atoms with Crippen molar-refractivity contribution in [2.75, 3.05) is 0 Å². The standard InChI is InChI=1S/C16H18FN/c1-10-7-8-13(9-12(10)3)16(18)14-6-4-5-11(2)15(14)17/h4-9,16H,18H2,1-3H3. The van der Waals surface area contributed by atoms with Crippen molar-refractivity contribution < 1.29 is 4.39 Å². The van der Waals surface area contributed by atoms with E-state index in [0.29, 0.717) is 11.1 Å². The Kier molecular flexibility index (Phi) is 3.48. The second kappa shape index (κ2) is 4.91. The molecule has 0 spiro atoms. The van der Waals surface area contributed by atoms with Crippen LogP contribution < -0.4 is 5.73 Å². The van der Waals surface area contributed by atoms with E-state index in [1.54, 1.807) is 19.1 Å². The van der Waals surface area contributed by atoms with E-state index >= 15 is 0 Å². The minimum Gasteiger partial charge on any atom is -0.320 e. The normalized spacial score (nSPS) is 12.5. The van der Waals surface area contributed by atoms with E-state index in [-0.39, 0.29) is 5.82 Å². The van der Waals surface area contributed by atoms with E-state index in [2.05, 4.69) is 6.92 Å². The molecular weight excluding hydrogens is 225 g/mol. The second-order valence-corrected chi connectivity index (χ2v) is 4.80. The van der Waals surface area contributed by atoms with Gasteiger partial charge in [0.25, 0.3) is 0 Å². The van der Waals surface area contributed by atoms with E-state index in [9.17, 15) is 4.39 Å². The Bertz CT molecular complexity index is 575. The molecule has 0 aromatic heterocycles. The monoisotopic (exact) mass is 243 g/mol. The molecule has 0 aliphatic heterocycles. The first-order valence-electron chi connectivity index (χ1n) is 6.08. The van der Waals surface area contributed by atoms with Crippen LogP contribution in [-0.2, 0) is 0 Å². The topological polar surface area (TPSA) is 26.0 Å².